The van der Waals surface area contributed by atoms with Crippen LogP contribution in [0.1, 0.15) is 49.3 Å². The summed E-state index contributed by atoms with van der Waals surface area (Å²) in [7, 11) is 1.70. The fraction of sp³-hybridized carbons (Fsp3) is 0.424. The van der Waals surface area contributed by atoms with Gasteiger partial charge >= 0.3 is 6.09 Å². The highest BCUT2D eigenvalue weighted by molar-refractivity contribution is 5.68. The summed E-state index contributed by atoms with van der Waals surface area (Å²) >= 11 is 0. The molecule has 0 bridgehead atoms. The van der Waals surface area contributed by atoms with Gasteiger partial charge in [0.05, 0.1) is 39.6 Å². The van der Waals surface area contributed by atoms with E-state index in [-0.39, 0.29) is 18.2 Å². The smallest absolute Gasteiger partial charge is 0.410 e. The number of unbranched alkanes of at least 4 members (excludes halogenated alkanes) is 1. The fourth-order valence-corrected chi connectivity index (χ4v) is 5.12. The van der Waals surface area contributed by atoms with Crippen LogP contribution in [-0.4, -0.2) is 50.0 Å². The number of benzene rings is 3. The molecule has 3 aromatic carbocycles. The summed E-state index contributed by atoms with van der Waals surface area (Å²) in [6.45, 7) is 3.81. The largest absolute Gasteiger partial charge is 0.497 e. The van der Waals surface area contributed by atoms with E-state index in [1.54, 1.807) is 7.11 Å². The van der Waals surface area contributed by atoms with Crippen LogP contribution in [0, 0.1) is 0 Å². The van der Waals surface area contributed by atoms with Crippen LogP contribution < -0.4 is 9.47 Å². The first-order valence-corrected chi connectivity index (χ1v) is 14.1. The maximum Gasteiger partial charge on any atom is 0.410 e. The average molecular weight is 532 g/mol. The number of amides is 1. The van der Waals surface area contributed by atoms with Gasteiger partial charge < -0.3 is 23.8 Å². The van der Waals surface area contributed by atoms with Crippen LogP contribution in [-0.2, 0) is 28.9 Å². The first-order valence-electron chi connectivity index (χ1n) is 14.1. The Balaban J connectivity index is 1.26. The number of hydrogen-bond acceptors (Lipinski definition) is 5. The molecule has 1 fully saturated rings. The molecule has 0 saturated carbocycles. The Morgan fingerprint density at radius 2 is 1.69 bits per heavy atom. The molecule has 1 heterocycles. The highest BCUT2D eigenvalue weighted by Gasteiger charge is 2.36. The number of hydrogen-bond donors (Lipinski definition) is 0. The fourth-order valence-electron chi connectivity index (χ4n) is 5.12. The van der Waals surface area contributed by atoms with Gasteiger partial charge in [-0.15, -0.1) is 0 Å². The third kappa shape index (κ3) is 8.75. The third-order valence-electron chi connectivity index (χ3n) is 7.18. The second kappa shape index (κ2) is 15.2. The molecule has 6 heteroatoms. The molecule has 3 aromatic rings. The van der Waals surface area contributed by atoms with Crippen molar-refractivity contribution in [2.45, 2.75) is 64.2 Å². The third-order valence-corrected chi connectivity index (χ3v) is 7.18. The maximum atomic E-state index is 12.6. The summed E-state index contributed by atoms with van der Waals surface area (Å²) in [6.07, 6.45) is 5.39. The Bertz CT molecular complexity index is 1150. The molecule has 0 spiro atoms. The number of rotatable bonds is 14. The normalized spacial score (nSPS) is 16.7. The van der Waals surface area contributed by atoms with Crippen LogP contribution in [0.5, 0.6) is 11.5 Å². The van der Waals surface area contributed by atoms with Crippen molar-refractivity contribution in [3.63, 3.8) is 0 Å². The van der Waals surface area contributed by atoms with Crippen LogP contribution in [0.25, 0.3) is 0 Å². The van der Waals surface area contributed by atoms with E-state index < -0.39 is 0 Å². The van der Waals surface area contributed by atoms with Crippen molar-refractivity contribution in [2.75, 3.05) is 26.9 Å². The van der Waals surface area contributed by atoms with E-state index in [0.717, 1.165) is 55.6 Å². The van der Waals surface area contributed by atoms with E-state index in [0.29, 0.717) is 26.4 Å². The van der Waals surface area contributed by atoms with Gasteiger partial charge in [-0.2, -0.15) is 0 Å². The van der Waals surface area contributed by atoms with Gasteiger partial charge in [0.2, 0.25) is 0 Å². The van der Waals surface area contributed by atoms with Crippen molar-refractivity contribution < 1.29 is 23.7 Å². The van der Waals surface area contributed by atoms with E-state index in [9.17, 15) is 4.79 Å². The van der Waals surface area contributed by atoms with Crippen LogP contribution in [0.15, 0.2) is 78.9 Å². The van der Waals surface area contributed by atoms with E-state index in [2.05, 4.69) is 36.4 Å². The van der Waals surface area contributed by atoms with Gasteiger partial charge in [-0.1, -0.05) is 60.7 Å². The van der Waals surface area contributed by atoms with Gasteiger partial charge in [0.25, 0.3) is 0 Å². The Morgan fingerprint density at radius 3 is 2.51 bits per heavy atom. The zero-order valence-corrected chi connectivity index (χ0v) is 23.2. The first kappa shape index (κ1) is 28.5. The topological polar surface area (TPSA) is 57.2 Å². The first-order chi connectivity index (χ1) is 19.2. The van der Waals surface area contributed by atoms with Crippen LogP contribution in [0.3, 0.4) is 0 Å². The van der Waals surface area contributed by atoms with E-state index in [1.807, 2.05) is 54.3 Å². The zero-order valence-electron chi connectivity index (χ0n) is 23.2. The molecule has 2 atom stereocenters. The van der Waals surface area contributed by atoms with Crippen LogP contribution in [0.4, 0.5) is 4.79 Å². The molecule has 0 unspecified atom stereocenters. The molecule has 1 amide bonds. The van der Waals surface area contributed by atoms with Crippen LogP contribution in [0.2, 0.25) is 0 Å². The zero-order chi connectivity index (χ0) is 27.3. The minimum Gasteiger partial charge on any atom is -0.497 e. The molecular formula is C33H41NO5. The van der Waals surface area contributed by atoms with E-state index >= 15 is 0 Å². The van der Waals surface area contributed by atoms with Crippen LogP contribution >= 0.6 is 0 Å². The van der Waals surface area contributed by atoms with Crippen molar-refractivity contribution in [1.29, 1.82) is 0 Å². The lowest BCUT2D eigenvalue weighted by molar-refractivity contribution is 0.0442. The average Bonchev–Trinajstić information content (AvgIpc) is 3.39. The Kier molecular flexibility index (Phi) is 11.1. The predicted molar refractivity (Wildman–Crippen MR) is 153 cm³/mol. The molecule has 1 aliphatic heterocycles. The van der Waals surface area contributed by atoms with E-state index in [1.165, 1.54) is 11.1 Å². The number of ether oxygens (including phenoxy) is 4. The number of methoxy groups -OCH3 is 1. The van der Waals surface area contributed by atoms with Crippen molar-refractivity contribution in [2.24, 2.45) is 0 Å². The highest BCUT2D eigenvalue weighted by atomic mass is 16.6. The maximum absolute atomic E-state index is 12.6. The quantitative estimate of drug-likeness (QED) is 0.213. The highest BCUT2D eigenvalue weighted by Crippen LogP contribution is 2.26. The number of likely N-dealkylation sites (tertiary alicyclic amines) is 1. The van der Waals surface area contributed by atoms with E-state index in [4.69, 9.17) is 18.9 Å². The van der Waals surface area contributed by atoms with Gasteiger partial charge in [-0.05, 0) is 73.9 Å². The summed E-state index contributed by atoms with van der Waals surface area (Å²) < 4.78 is 23.1. The number of aryl methyl sites for hydroxylation is 2. The molecule has 0 aromatic heterocycles. The lowest BCUT2D eigenvalue weighted by Gasteiger charge is -2.23. The molecule has 0 radical (unpaired) electrons. The van der Waals surface area contributed by atoms with Crippen molar-refractivity contribution in [3.05, 3.63) is 95.6 Å². The molecule has 39 heavy (non-hydrogen) atoms. The second-order valence-corrected chi connectivity index (χ2v) is 9.96. The van der Waals surface area contributed by atoms with Gasteiger partial charge in [0.15, 0.2) is 0 Å². The molecule has 1 saturated heterocycles. The lowest BCUT2D eigenvalue weighted by atomic mass is 10.0. The monoisotopic (exact) mass is 531 g/mol. The van der Waals surface area contributed by atoms with Gasteiger partial charge in [-0.3, -0.25) is 0 Å². The molecule has 4 rings (SSSR count). The molecule has 208 valence electrons. The molecular weight excluding hydrogens is 490 g/mol. The summed E-state index contributed by atoms with van der Waals surface area (Å²) in [5.74, 6) is 1.83. The van der Waals surface area contributed by atoms with Crippen molar-refractivity contribution in [1.82, 2.24) is 4.90 Å². The van der Waals surface area contributed by atoms with Gasteiger partial charge in [0.1, 0.15) is 11.5 Å². The van der Waals surface area contributed by atoms with Crippen molar-refractivity contribution >= 4 is 6.09 Å². The summed E-state index contributed by atoms with van der Waals surface area (Å²) in [4.78, 5) is 14.5. The molecule has 0 aliphatic carbocycles. The second-order valence-electron chi connectivity index (χ2n) is 9.96. The number of carbonyl (C=O) groups excluding carboxylic acids is 1. The SMILES string of the molecule is CCOC(=O)N1C[C@H](OCc2ccccc2)C[C@H]1CCOc1ccccc1CCCCc1cccc(OC)c1. The lowest BCUT2D eigenvalue weighted by Crippen LogP contribution is -2.37. The number of carbonyl (C=O) groups is 1. The number of nitrogens with zero attached hydrogens (tertiary/aromatic N) is 1. The van der Waals surface area contributed by atoms with Gasteiger partial charge in [-0.25, -0.2) is 4.79 Å². The van der Waals surface area contributed by atoms with Crippen molar-refractivity contribution in [3.8, 4) is 11.5 Å². The molecule has 6 nitrogen and oxygen atoms in total. The molecule has 0 N–H and O–H groups in total. The summed E-state index contributed by atoms with van der Waals surface area (Å²) in [5, 5.41) is 0. The minimum absolute atomic E-state index is 0.0171. The predicted octanol–water partition coefficient (Wildman–Crippen LogP) is 6.85. The summed E-state index contributed by atoms with van der Waals surface area (Å²) in [5.41, 5.74) is 3.65. The summed E-state index contributed by atoms with van der Waals surface area (Å²) in [6, 6.07) is 26.7. The Morgan fingerprint density at radius 1 is 0.923 bits per heavy atom. The number of para-hydroxylation sites is 1. The van der Waals surface area contributed by atoms with Gasteiger partial charge in [0, 0.05) is 12.5 Å². The molecule has 1 aliphatic rings. The Labute approximate surface area is 232 Å². The Hall–Kier alpha value is -3.51. The standard InChI is InChI=1S/C33H41NO5/c1-3-37-33(35)34-24-31(39-25-27-13-5-4-6-14-27)23-29(34)20-21-38-32-19-10-9-17-28(32)16-8-7-12-26-15-11-18-30(22-26)36-2/h4-6,9-11,13-15,17-19,22,29,31H,3,7-8,12,16,20-21,23-25H2,1-2H3/t29-,31-/m1/s1. The minimum atomic E-state index is -0.273.